The number of aliphatic hydroxyl groups excluding tert-OH is 2. The van der Waals surface area contributed by atoms with Crippen molar-refractivity contribution in [3.05, 3.63) is 12.7 Å². The van der Waals surface area contributed by atoms with E-state index in [2.05, 4.69) is 26.8 Å². The molecule has 0 aromatic carbocycles. The maximum Gasteiger partial charge on any atom is 0.180 e. The van der Waals surface area contributed by atoms with Crippen LogP contribution < -0.4 is 5.73 Å². The summed E-state index contributed by atoms with van der Waals surface area (Å²) in [5.41, 5.74) is 4.95. The molecule has 8 nitrogen and oxygen atoms in total. The molecule has 0 aliphatic carbocycles. The summed E-state index contributed by atoms with van der Waals surface area (Å²) in [6.45, 7) is -0.566. The van der Waals surface area contributed by atoms with Gasteiger partial charge in [0.25, 0.3) is 0 Å². The molecule has 0 unspecified atom stereocenters. The van der Waals surface area contributed by atoms with Crippen LogP contribution in [0.2, 0.25) is 0 Å². The lowest BCUT2D eigenvalue weighted by Gasteiger charge is -2.23. The Bertz CT molecular complexity index is 805. The molecule has 3 rings (SSSR count). The van der Waals surface area contributed by atoms with Gasteiger partial charge in [-0.1, -0.05) is 11.8 Å². The summed E-state index contributed by atoms with van der Waals surface area (Å²) < 4.78 is 7.22. The average molecular weight is 299 g/mol. The molecule has 2 aromatic heterocycles. The van der Waals surface area contributed by atoms with Crippen molar-refractivity contribution >= 4 is 17.0 Å². The van der Waals surface area contributed by atoms with Crippen LogP contribution in [0.3, 0.4) is 0 Å². The Morgan fingerprint density at radius 1 is 1.41 bits per heavy atom. The summed E-state index contributed by atoms with van der Waals surface area (Å²) in [5.74, 6) is 4.17. The summed E-state index contributed by atoms with van der Waals surface area (Å²) in [4.78, 5) is 12.1. The molecule has 4 atom stereocenters. The average Bonchev–Trinajstić information content (AvgIpc) is 3.07. The highest BCUT2D eigenvalue weighted by Gasteiger charge is 2.54. The predicted molar refractivity (Wildman–Crippen MR) is 76.8 cm³/mol. The van der Waals surface area contributed by atoms with Gasteiger partial charge >= 0.3 is 0 Å². The van der Waals surface area contributed by atoms with E-state index < -0.39 is 30.5 Å². The van der Waals surface area contributed by atoms with E-state index in [0.29, 0.717) is 11.2 Å². The first kappa shape index (κ1) is 14.3. The smallest absolute Gasteiger partial charge is 0.180 e. The molecule has 8 heteroatoms. The third-order valence-corrected chi connectivity index (χ3v) is 3.79. The van der Waals surface area contributed by atoms with Crippen LogP contribution in [0.1, 0.15) is 6.23 Å². The van der Waals surface area contributed by atoms with E-state index in [1.807, 2.05) is 0 Å². The first-order valence-corrected chi connectivity index (χ1v) is 6.41. The monoisotopic (exact) mass is 299 g/mol. The summed E-state index contributed by atoms with van der Waals surface area (Å²) in [7, 11) is 0. The molecule has 1 saturated heterocycles. The molecule has 0 radical (unpaired) electrons. The van der Waals surface area contributed by atoms with Gasteiger partial charge in [-0.15, -0.1) is 12.8 Å². The molecule has 2 aromatic rings. The molecule has 112 valence electrons. The van der Waals surface area contributed by atoms with Crippen LogP contribution in [0, 0.1) is 30.6 Å². The van der Waals surface area contributed by atoms with Gasteiger partial charge in [0.2, 0.25) is 0 Å². The van der Waals surface area contributed by atoms with E-state index in [9.17, 15) is 10.2 Å². The van der Waals surface area contributed by atoms with Crippen molar-refractivity contribution < 1.29 is 14.9 Å². The highest BCUT2D eigenvalue weighted by Crippen LogP contribution is 2.41. The van der Waals surface area contributed by atoms with Crippen molar-refractivity contribution in [3.8, 4) is 24.7 Å². The van der Waals surface area contributed by atoms with Crippen LogP contribution in [0.4, 0.5) is 5.82 Å². The van der Waals surface area contributed by atoms with Gasteiger partial charge in [-0.25, -0.2) is 15.0 Å². The standard InChI is InChI=1S/C14H13N5O3/c1-3-8-10(21)14(4-2,5-20)22-13(8)19-7-18-9-11(15)16-6-17-12(9)19/h1-2,6-8,10,13,20-21H,5H2,(H2,15,16,17)/t8-,10-,13+,14+/m0/s1. The fourth-order valence-corrected chi connectivity index (χ4v) is 2.56. The number of hydrogen-bond acceptors (Lipinski definition) is 7. The maximum absolute atomic E-state index is 10.3. The molecular weight excluding hydrogens is 286 g/mol. The number of nitrogens with two attached hydrogens (primary N) is 1. The Kier molecular flexibility index (Phi) is 3.23. The second-order valence-electron chi connectivity index (χ2n) is 4.92. The molecule has 1 fully saturated rings. The van der Waals surface area contributed by atoms with E-state index in [0.717, 1.165) is 0 Å². The van der Waals surface area contributed by atoms with Gasteiger partial charge in [0.15, 0.2) is 23.3 Å². The summed E-state index contributed by atoms with van der Waals surface area (Å²) in [5, 5.41) is 19.8. The van der Waals surface area contributed by atoms with Crippen LogP contribution in [-0.4, -0.2) is 48.0 Å². The van der Waals surface area contributed by atoms with Gasteiger partial charge in [0.1, 0.15) is 17.9 Å². The number of rotatable bonds is 2. The van der Waals surface area contributed by atoms with E-state index in [1.165, 1.54) is 17.2 Å². The number of aliphatic hydroxyl groups is 2. The molecule has 0 saturated carbocycles. The van der Waals surface area contributed by atoms with Gasteiger partial charge in [0, 0.05) is 0 Å². The first-order valence-electron chi connectivity index (χ1n) is 6.41. The number of hydrogen-bond donors (Lipinski definition) is 3. The third kappa shape index (κ3) is 1.76. The van der Waals surface area contributed by atoms with E-state index in [1.54, 1.807) is 0 Å². The number of ether oxygens (including phenoxy) is 1. The lowest BCUT2D eigenvalue weighted by atomic mass is 9.91. The quantitative estimate of drug-likeness (QED) is 0.603. The number of nitrogens with zero attached hydrogens (tertiary/aromatic N) is 4. The number of aromatic nitrogens is 4. The van der Waals surface area contributed by atoms with Gasteiger partial charge in [0.05, 0.1) is 18.9 Å². The Balaban J connectivity index is 2.13. The molecule has 1 aliphatic heterocycles. The molecule has 4 N–H and O–H groups in total. The van der Waals surface area contributed by atoms with Crippen LogP contribution in [0.25, 0.3) is 11.2 Å². The Morgan fingerprint density at radius 3 is 2.82 bits per heavy atom. The first-order chi connectivity index (χ1) is 10.6. The van der Waals surface area contributed by atoms with Crippen molar-refractivity contribution in [2.24, 2.45) is 5.92 Å². The Labute approximate surface area is 126 Å². The minimum Gasteiger partial charge on any atom is -0.392 e. The highest BCUT2D eigenvalue weighted by molar-refractivity contribution is 5.81. The molecule has 22 heavy (non-hydrogen) atoms. The fraction of sp³-hybridized carbons (Fsp3) is 0.357. The summed E-state index contributed by atoms with van der Waals surface area (Å²) >= 11 is 0. The van der Waals surface area contributed by atoms with Crippen molar-refractivity contribution in [1.29, 1.82) is 0 Å². The van der Waals surface area contributed by atoms with E-state index in [4.69, 9.17) is 23.3 Å². The van der Waals surface area contributed by atoms with Crippen LogP contribution in [0.5, 0.6) is 0 Å². The molecule has 1 aliphatic rings. The van der Waals surface area contributed by atoms with Gasteiger partial charge in [-0.05, 0) is 0 Å². The second-order valence-corrected chi connectivity index (χ2v) is 4.92. The molecule has 0 bridgehead atoms. The second kappa shape index (κ2) is 4.97. The molecule has 0 spiro atoms. The minimum absolute atomic E-state index is 0.213. The van der Waals surface area contributed by atoms with Crippen LogP contribution in [0.15, 0.2) is 12.7 Å². The largest absolute Gasteiger partial charge is 0.392 e. The Hall–Kier alpha value is -2.65. The number of imidazole rings is 1. The zero-order valence-corrected chi connectivity index (χ0v) is 11.4. The zero-order valence-electron chi connectivity index (χ0n) is 11.4. The lowest BCUT2D eigenvalue weighted by molar-refractivity contribution is -0.0894. The summed E-state index contributed by atoms with van der Waals surface area (Å²) in [6, 6.07) is 0. The van der Waals surface area contributed by atoms with Crippen molar-refractivity contribution in [2.75, 3.05) is 12.3 Å². The van der Waals surface area contributed by atoms with Crippen LogP contribution >= 0.6 is 0 Å². The molecule has 3 heterocycles. The van der Waals surface area contributed by atoms with Crippen molar-refractivity contribution in [1.82, 2.24) is 19.5 Å². The maximum atomic E-state index is 10.3. The normalized spacial score (nSPS) is 31.0. The number of nitrogen functional groups attached to an aromatic ring is 1. The zero-order chi connectivity index (χ0) is 15.9. The van der Waals surface area contributed by atoms with Gasteiger partial charge in [-0.3, -0.25) is 4.57 Å². The highest BCUT2D eigenvalue weighted by atomic mass is 16.6. The third-order valence-electron chi connectivity index (χ3n) is 3.79. The van der Waals surface area contributed by atoms with E-state index >= 15 is 0 Å². The lowest BCUT2D eigenvalue weighted by Crippen LogP contribution is -2.43. The molecule has 0 amide bonds. The number of fused-ring (bicyclic) bond motifs is 1. The predicted octanol–water partition coefficient (Wildman–Crippen LogP) is -1.09. The minimum atomic E-state index is -1.57. The van der Waals surface area contributed by atoms with E-state index in [-0.39, 0.29) is 5.82 Å². The number of terminal acetylenes is 2. The Morgan fingerprint density at radius 2 is 2.18 bits per heavy atom. The summed E-state index contributed by atoms with van der Waals surface area (Å²) in [6.07, 6.45) is 11.6. The SMILES string of the molecule is C#C[C@@H]1[C@H](n2cnc3c(N)ncnc32)O[C@](C#C)(CO)[C@H]1O. The van der Waals surface area contributed by atoms with Crippen LogP contribution in [-0.2, 0) is 4.74 Å². The van der Waals surface area contributed by atoms with Crippen molar-refractivity contribution in [2.45, 2.75) is 17.9 Å². The van der Waals surface area contributed by atoms with Gasteiger partial charge < -0.3 is 20.7 Å². The fourth-order valence-electron chi connectivity index (χ4n) is 2.56. The van der Waals surface area contributed by atoms with Crippen molar-refractivity contribution in [3.63, 3.8) is 0 Å². The van der Waals surface area contributed by atoms with Gasteiger partial charge in [-0.2, -0.15) is 0 Å². The number of anilines is 1. The molecular formula is C14H13N5O3. The topological polar surface area (TPSA) is 119 Å².